The first-order chi connectivity index (χ1) is 8.59. The van der Waals surface area contributed by atoms with E-state index >= 15 is 0 Å². The van der Waals surface area contributed by atoms with E-state index in [-0.39, 0.29) is 16.7 Å². The lowest BCUT2D eigenvalue weighted by atomic mass is 10.00. The Bertz CT molecular complexity index is 398. The van der Waals surface area contributed by atoms with Gasteiger partial charge in [0.15, 0.2) is 0 Å². The first-order valence-electron chi connectivity index (χ1n) is 6.63. The van der Waals surface area contributed by atoms with Crippen molar-refractivity contribution in [2.75, 3.05) is 0 Å². The normalized spacial score (nSPS) is 19.4. The van der Waals surface area contributed by atoms with E-state index in [2.05, 4.69) is 24.9 Å². The van der Waals surface area contributed by atoms with Gasteiger partial charge in [0, 0.05) is 5.54 Å². The number of thiol groups is 1. The molecule has 1 atom stereocenters. The largest absolute Gasteiger partial charge is 0.350 e. The second-order valence-electron chi connectivity index (χ2n) is 5.46. The molecular formula is C15H21NOS. The van der Waals surface area contributed by atoms with Crippen LogP contribution in [0.2, 0.25) is 0 Å². The Hall–Kier alpha value is -0.960. The van der Waals surface area contributed by atoms with Crippen molar-refractivity contribution in [3.8, 4) is 0 Å². The van der Waals surface area contributed by atoms with E-state index < -0.39 is 0 Å². The second kappa shape index (κ2) is 5.79. The third-order valence-corrected chi connectivity index (χ3v) is 4.12. The van der Waals surface area contributed by atoms with E-state index in [0.717, 1.165) is 18.4 Å². The maximum absolute atomic E-state index is 12.1. The van der Waals surface area contributed by atoms with Crippen LogP contribution in [0.15, 0.2) is 30.3 Å². The van der Waals surface area contributed by atoms with Gasteiger partial charge in [0.25, 0.3) is 0 Å². The van der Waals surface area contributed by atoms with Gasteiger partial charge < -0.3 is 5.32 Å². The van der Waals surface area contributed by atoms with Crippen LogP contribution in [-0.2, 0) is 11.2 Å². The maximum Gasteiger partial charge on any atom is 0.233 e. The van der Waals surface area contributed by atoms with Gasteiger partial charge in [-0.3, -0.25) is 4.79 Å². The Kier molecular flexibility index (Phi) is 4.33. The number of amides is 1. The van der Waals surface area contributed by atoms with Crippen molar-refractivity contribution in [3.05, 3.63) is 35.9 Å². The van der Waals surface area contributed by atoms with Gasteiger partial charge >= 0.3 is 0 Å². The zero-order valence-electron chi connectivity index (χ0n) is 10.9. The van der Waals surface area contributed by atoms with Crippen molar-refractivity contribution in [3.63, 3.8) is 0 Å². The zero-order chi connectivity index (χ0) is 13.0. The summed E-state index contributed by atoms with van der Waals surface area (Å²) < 4.78 is 0. The molecule has 0 spiro atoms. The molecule has 0 saturated heterocycles. The predicted octanol–water partition coefficient (Wildman–Crippen LogP) is 2.98. The van der Waals surface area contributed by atoms with Crippen LogP contribution in [0.3, 0.4) is 0 Å². The Morgan fingerprint density at radius 2 is 1.94 bits per heavy atom. The summed E-state index contributed by atoms with van der Waals surface area (Å²) in [7, 11) is 0. The molecule has 2 nitrogen and oxygen atoms in total. The van der Waals surface area contributed by atoms with Gasteiger partial charge in [-0.25, -0.2) is 0 Å². The smallest absolute Gasteiger partial charge is 0.233 e. The highest BCUT2D eigenvalue weighted by atomic mass is 32.1. The van der Waals surface area contributed by atoms with Gasteiger partial charge in [-0.2, -0.15) is 12.6 Å². The fourth-order valence-electron chi connectivity index (χ4n) is 2.59. The molecule has 1 unspecified atom stereocenters. The molecule has 0 heterocycles. The highest BCUT2D eigenvalue weighted by molar-refractivity contribution is 7.81. The average Bonchev–Trinajstić information content (AvgIpc) is 2.77. The minimum absolute atomic E-state index is 0.00521. The van der Waals surface area contributed by atoms with Crippen LogP contribution in [0.5, 0.6) is 0 Å². The molecule has 1 aliphatic carbocycles. The first kappa shape index (κ1) is 13.5. The molecule has 1 fully saturated rings. The SMILES string of the molecule is CC1(NC(=O)C(S)Cc2ccccc2)CCCC1. The summed E-state index contributed by atoms with van der Waals surface area (Å²) in [5.74, 6) is 0.0617. The molecule has 2 rings (SSSR count). The van der Waals surface area contributed by atoms with E-state index in [1.807, 2.05) is 30.3 Å². The number of benzene rings is 1. The molecule has 1 aromatic carbocycles. The van der Waals surface area contributed by atoms with Crippen molar-refractivity contribution >= 4 is 18.5 Å². The molecule has 0 aromatic heterocycles. The van der Waals surface area contributed by atoms with Crippen LogP contribution in [0.1, 0.15) is 38.2 Å². The molecule has 1 N–H and O–H groups in total. The van der Waals surface area contributed by atoms with Gasteiger partial charge in [0.05, 0.1) is 5.25 Å². The fraction of sp³-hybridized carbons (Fsp3) is 0.533. The molecular weight excluding hydrogens is 242 g/mol. The van der Waals surface area contributed by atoms with Crippen molar-refractivity contribution < 1.29 is 4.79 Å². The lowest BCUT2D eigenvalue weighted by molar-refractivity contribution is -0.122. The lowest BCUT2D eigenvalue weighted by Gasteiger charge is -2.27. The monoisotopic (exact) mass is 263 g/mol. The minimum Gasteiger partial charge on any atom is -0.350 e. The van der Waals surface area contributed by atoms with Gasteiger partial charge in [0.1, 0.15) is 0 Å². The molecule has 0 aliphatic heterocycles. The van der Waals surface area contributed by atoms with Crippen LogP contribution in [0, 0.1) is 0 Å². The summed E-state index contributed by atoms with van der Waals surface area (Å²) in [4.78, 5) is 12.1. The van der Waals surface area contributed by atoms with E-state index in [4.69, 9.17) is 0 Å². The zero-order valence-corrected chi connectivity index (χ0v) is 11.7. The van der Waals surface area contributed by atoms with Crippen LogP contribution in [-0.4, -0.2) is 16.7 Å². The van der Waals surface area contributed by atoms with E-state index in [1.54, 1.807) is 0 Å². The van der Waals surface area contributed by atoms with Gasteiger partial charge in [0.2, 0.25) is 5.91 Å². The summed E-state index contributed by atoms with van der Waals surface area (Å²) in [6.45, 7) is 2.14. The summed E-state index contributed by atoms with van der Waals surface area (Å²) in [5, 5.41) is 2.90. The van der Waals surface area contributed by atoms with Crippen LogP contribution >= 0.6 is 12.6 Å². The Labute approximate surface area is 115 Å². The lowest BCUT2D eigenvalue weighted by Crippen LogP contribution is -2.47. The number of rotatable bonds is 4. The number of hydrogen-bond acceptors (Lipinski definition) is 2. The number of carbonyl (C=O) groups is 1. The molecule has 1 aromatic rings. The molecule has 1 saturated carbocycles. The summed E-state index contributed by atoms with van der Waals surface area (Å²) >= 11 is 4.43. The average molecular weight is 263 g/mol. The predicted molar refractivity (Wildman–Crippen MR) is 77.9 cm³/mol. The molecule has 0 radical (unpaired) electrons. The first-order valence-corrected chi connectivity index (χ1v) is 7.15. The standard InChI is InChI=1S/C15H21NOS/c1-15(9-5-6-10-15)16-14(17)13(18)11-12-7-3-2-4-8-12/h2-4,7-8,13,18H,5-6,9-11H2,1H3,(H,16,17). The number of carbonyl (C=O) groups excluding carboxylic acids is 1. The van der Waals surface area contributed by atoms with E-state index in [0.29, 0.717) is 6.42 Å². The Morgan fingerprint density at radius 1 is 1.33 bits per heavy atom. The molecule has 18 heavy (non-hydrogen) atoms. The van der Waals surface area contributed by atoms with Gasteiger partial charge in [-0.1, -0.05) is 43.2 Å². The molecule has 3 heteroatoms. The van der Waals surface area contributed by atoms with E-state index in [1.165, 1.54) is 12.8 Å². The van der Waals surface area contributed by atoms with Gasteiger partial charge in [-0.05, 0) is 31.7 Å². The maximum atomic E-state index is 12.1. The molecule has 1 amide bonds. The molecule has 0 bridgehead atoms. The summed E-state index contributed by atoms with van der Waals surface area (Å²) in [5.41, 5.74) is 1.15. The van der Waals surface area contributed by atoms with Crippen LogP contribution in [0.4, 0.5) is 0 Å². The molecule has 98 valence electrons. The topological polar surface area (TPSA) is 29.1 Å². The highest BCUT2D eigenvalue weighted by Gasteiger charge is 2.31. The second-order valence-corrected chi connectivity index (χ2v) is 6.09. The fourth-order valence-corrected chi connectivity index (χ4v) is 2.87. The van der Waals surface area contributed by atoms with Crippen molar-refractivity contribution in [2.24, 2.45) is 0 Å². The van der Waals surface area contributed by atoms with Gasteiger partial charge in [-0.15, -0.1) is 0 Å². The third-order valence-electron chi connectivity index (χ3n) is 3.71. The third kappa shape index (κ3) is 3.52. The van der Waals surface area contributed by atoms with Crippen LogP contribution in [0.25, 0.3) is 0 Å². The molecule has 1 aliphatic rings. The minimum atomic E-state index is -0.259. The van der Waals surface area contributed by atoms with E-state index in [9.17, 15) is 4.79 Å². The van der Waals surface area contributed by atoms with Crippen molar-refractivity contribution in [2.45, 2.75) is 49.8 Å². The Balaban J connectivity index is 1.89. The van der Waals surface area contributed by atoms with Crippen LogP contribution < -0.4 is 5.32 Å². The number of hydrogen-bond donors (Lipinski definition) is 2. The Morgan fingerprint density at radius 3 is 2.56 bits per heavy atom. The summed E-state index contributed by atoms with van der Waals surface area (Å²) in [6, 6.07) is 10.0. The highest BCUT2D eigenvalue weighted by Crippen LogP contribution is 2.29. The quantitative estimate of drug-likeness (QED) is 0.803. The van der Waals surface area contributed by atoms with Crippen molar-refractivity contribution in [1.29, 1.82) is 0 Å². The summed E-state index contributed by atoms with van der Waals surface area (Å²) in [6.07, 6.45) is 5.29. The van der Waals surface area contributed by atoms with Crippen molar-refractivity contribution in [1.82, 2.24) is 5.32 Å². The number of nitrogens with one attached hydrogen (secondary N) is 1.